The highest BCUT2D eigenvalue weighted by molar-refractivity contribution is 6.47. The summed E-state index contributed by atoms with van der Waals surface area (Å²) in [6.45, 7) is 3.47. The van der Waals surface area contributed by atoms with Gasteiger partial charge in [0.1, 0.15) is 23.7 Å². The molecule has 1 aliphatic rings. The number of amides is 2. The van der Waals surface area contributed by atoms with Gasteiger partial charge in [-0.25, -0.2) is 0 Å². The van der Waals surface area contributed by atoms with Crippen LogP contribution in [0, 0.1) is 0 Å². The van der Waals surface area contributed by atoms with Crippen molar-refractivity contribution in [3.8, 4) is 5.75 Å². The van der Waals surface area contributed by atoms with Crippen LogP contribution in [-0.2, 0) is 9.59 Å². The largest absolute Gasteiger partial charge is 0.495 e. The number of aliphatic imine (C=N–C) groups is 1. The normalized spacial score (nSPS) is 15.5. The summed E-state index contributed by atoms with van der Waals surface area (Å²) < 4.78 is 5.23. The lowest BCUT2D eigenvalue weighted by Crippen LogP contribution is -2.46. The van der Waals surface area contributed by atoms with Crippen molar-refractivity contribution < 1.29 is 14.3 Å². The van der Waals surface area contributed by atoms with Gasteiger partial charge in [0.2, 0.25) is 5.91 Å². The number of benzene rings is 2. The first-order valence-electron chi connectivity index (χ1n) is 8.42. The molecule has 0 atom stereocenters. The number of anilines is 1. The molecule has 0 unspecified atom stereocenters. The van der Waals surface area contributed by atoms with Crippen LogP contribution in [0.3, 0.4) is 0 Å². The Bertz CT molecular complexity index is 907. The molecule has 2 amide bonds. The Morgan fingerprint density at radius 2 is 1.85 bits per heavy atom. The van der Waals surface area contributed by atoms with Gasteiger partial charge in [-0.05, 0) is 38.1 Å². The number of carbonyl (C=O) groups excluding carboxylic acids is 2. The first-order chi connectivity index (χ1) is 12.8. The fraction of sp³-hybridized carbons (Fsp3) is 0.250. The fourth-order valence-electron chi connectivity index (χ4n) is 2.90. The second-order valence-electron chi connectivity index (χ2n) is 6.60. The van der Waals surface area contributed by atoms with E-state index in [0.717, 1.165) is 0 Å². The number of hydrogen-bond donors (Lipinski definition) is 1. The van der Waals surface area contributed by atoms with E-state index in [1.165, 1.54) is 12.0 Å². The van der Waals surface area contributed by atoms with E-state index in [1.807, 2.05) is 6.07 Å². The van der Waals surface area contributed by atoms with Crippen LogP contribution in [0.5, 0.6) is 5.75 Å². The Morgan fingerprint density at radius 1 is 1.19 bits per heavy atom. The molecule has 0 radical (unpaired) electrons. The molecule has 2 aromatic rings. The fourth-order valence-corrected chi connectivity index (χ4v) is 3.03. The predicted octanol–water partition coefficient (Wildman–Crippen LogP) is 3.35. The maximum atomic E-state index is 12.9. The van der Waals surface area contributed by atoms with Crippen LogP contribution in [-0.4, -0.2) is 41.7 Å². The zero-order valence-electron chi connectivity index (χ0n) is 15.3. The van der Waals surface area contributed by atoms with Crippen LogP contribution >= 0.6 is 11.6 Å². The van der Waals surface area contributed by atoms with Crippen LogP contribution in [0.1, 0.15) is 19.4 Å². The van der Waals surface area contributed by atoms with E-state index in [0.29, 0.717) is 27.7 Å². The molecule has 0 fully saturated rings. The predicted molar refractivity (Wildman–Crippen MR) is 105 cm³/mol. The molecule has 0 aliphatic carbocycles. The minimum absolute atomic E-state index is 0.121. The molecule has 0 bridgehead atoms. The quantitative estimate of drug-likeness (QED) is 0.857. The van der Waals surface area contributed by atoms with Crippen molar-refractivity contribution in [2.75, 3.05) is 19.0 Å². The van der Waals surface area contributed by atoms with Gasteiger partial charge in [0.05, 0.1) is 12.8 Å². The molecule has 0 saturated heterocycles. The van der Waals surface area contributed by atoms with Gasteiger partial charge in [-0.15, -0.1) is 0 Å². The Kier molecular flexibility index (Phi) is 5.19. The van der Waals surface area contributed by atoms with E-state index in [1.54, 1.807) is 56.3 Å². The summed E-state index contributed by atoms with van der Waals surface area (Å²) in [6, 6.07) is 14.0. The van der Waals surface area contributed by atoms with Gasteiger partial charge in [0.15, 0.2) is 0 Å². The van der Waals surface area contributed by atoms with Crippen molar-refractivity contribution in [3.63, 3.8) is 0 Å². The lowest BCUT2D eigenvalue weighted by molar-refractivity contribution is -0.131. The maximum absolute atomic E-state index is 12.9. The lowest BCUT2D eigenvalue weighted by atomic mass is 10.1. The molecule has 27 heavy (non-hydrogen) atoms. The topological polar surface area (TPSA) is 71.0 Å². The third-order valence-corrected chi connectivity index (χ3v) is 4.55. The van der Waals surface area contributed by atoms with Crippen molar-refractivity contribution in [2.45, 2.75) is 19.5 Å². The summed E-state index contributed by atoms with van der Waals surface area (Å²) in [5.41, 5.74) is 0.713. The summed E-state index contributed by atoms with van der Waals surface area (Å²) in [5.74, 6) is -0.0676. The van der Waals surface area contributed by atoms with Gasteiger partial charge in [0, 0.05) is 10.6 Å². The Balaban J connectivity index is 1.76. The first kappa shape index (κ1) is 18.9. The standard InChI is InChI=1S/C20H20ClN3O3/c1-20(2)23-18(13-8-10-14(21)11-9-13)19(26)24(20)12-17(25)22-15-6-4-5-7-16(15)27-3/h4-11H,12H2,1-3H3,(H,22,25). The number of nitrogens with zero attached hydrogens (tertiary/aromatic N) is 2. The SMILES string of the molecule is COc1ccccc1NC(=O)CN1C(=O)C(c2ccc(Cl)cc2)=NC1(C)C. The molecule has 7 heteroatoms. The van der Waals surface area contributed by atoms with Crippen molar-refractivity contribution in [1.29, 1.82) is 0 Å². The van der Waals surface area contributed by atoms with E-state index in [9.17, 15) is 9.59 Å². The molecule has 140 valence electrons. The average molecular weight is 386 g/mol. The van der Waals surface area contributed by atoms with Crippen LogP contribution in [0.25, 0.3) is 0 Å². The monoisotopic (exact) mass is 385 g/mol. The average Bonchev–Trinajstić information content (AvgIpc) is 2.86. The van der Waals surface area contributed by atoms with Gasteiger partial charge in [0.25, 0.3) is 5.91 Å². The van der Waals surface area contributed by atoms with Crippen molar-refractivity contribution in [2.24, 2.45) is 4.99 Å². The lowest BCUT2D eigenvalue weighted by Gasteiger charge is -2.28. The Morgan fingerprint density at radius 3 is 2.52 bits per heavy atom. The molecular formula is C20H20ClN3O3. The molecule has 3 rings (SSSR count). The van der Waals surface area contributed by atoms with Crippen molar-refractivity contribution in [1.82, 2.24) is 4.90 Å². The van der Waals surface area contributed by atoms with Gasteiger partial charge in [-0.3, -0.25) is 14.6 Å². The smallest absolute Gasteiger partial charge is 0.275 e. The number of ether oxygens (including phenoxy) is 1. The molecular weight excluding hydrogens is 366 g/mol. The number of nitrogens with one attached hydrogen (secondary N) is 1. The van der Waals surface area contributed by atoms with Crippen LogP contribution in [0.4, 0.5) is 5.69 Å². The first-order valence-corrected chi connectivity index (χ1v) is 8.80. The second-order valence-corrected chi connectivity index (χ2v) is 7.04. The molecule has 1 N–H and O–H groups in total. The van der Waals surface area contributed by atoms with Gasteiger partial charge in [-0.1, -0.05) is 35.9 Å². The summed E-state index contributed by atoms with van der Waals surface area (Å²) in [7, 11) is 1.53. The molecule has 1 heterocycles. The highest BCUT2D eigenvalue weighted by Gasteiger charge is 2.41. The van der Waals surface area contributed by atoms with Crippen molar-refractivity contribution in [3.05, 3.63) is 59.1 Å². The van der Waals surface area contributed by atoms with Crippen LogP contribution in [0.2, 0.25) is 5.02 Å². The number of para-hydroxylation sites is 2. The zero-order valence-corrected chi connectivity index (χ0v) is 16.1. The minimum atomic E-state index is -0.829. The number of halogens is 1. The second kappa shape index (κ2) is 7.40. The van der Waals surface area contributed by atoms with Gasteiger partial charge in [-0.2, -0.15) is 0 Å². The van der Waals surface area contributed by atoms with Crippen LogP contribution in [0.15, 0.2) is 53.5 Å². The number of methoxy groups -OCH3 is 1. The highest BCUT2D eigenvalue weighted by atomic mass is 35.5. The van der Waals surface area contributed by atoms with Crippen LogP contribution < -0.4 is 10.1 Å². The van der Waals surface area contributed by atoms with E-state index in [2.05, 4.69) is 10.3 Å². The third-order valence-electron chi connectivity index (χ3n) is 4.29. The molecule has 2 aromatic carbocycles. The summed E-state index contributed by atoms with van der Waals surface area (Å²) in [4.78, 5) is 31.4. The summed E-state index contributed by atoms with van der Waals surface area (Å²) in [6.07, 6.45) is 0. The molecule has 0 spiro atoms. The summed E-state index contributed by atoms with van der Waals surface area (Å²) >= 11 is 5.91. The molecule has 0 saturated carbocycles. The zero-order chi connectivity index (χ0) is 19.6. The van der Waals surface area contributed by atoms with E-state index < -0.39 is 5.66 Å². The summed E-state index contributed by atoms with van der Waals surface area (Å²) in [5, 5.41) is 3.36. The van der Waals surface area contributed by atoms with Crippen molar-refractivity contribution >= 4 is 34.8 Å². The van der Waals surface area contributed by atoms with Gasteiger partial charge < -0.3 is 15.0 Å². The van der Waals surface area contributed by atoms with E-state index in [-0.39, 0.29) is 18.4 Å². The number of carbonyl (C=O) groups is 2. The maximum Gasteiger partial charge on any atom is 0.275 e. The molecule has 0 aromatic heterocycles. The third kappa shape index (κ3) is 3.95. The molecule has 6 nitrogen and oxygen atoms in total. The number of rotatable bonds is 5. The Hall–Kier alpha value is -2.86. The van der Waals surface area contributed by atoms with E-state index >= 15 is 0 Å². The Labute approximate surface area is 162 Å². The highest BCUT2D eigenvalue weighted by Crippen LogP contribution is 2.27. The van der Waals surface area contributed by atoms with Gasteiger partial charge >= 0.3 is 0 Å². The van der Waals surface area contributed by atoms with E-state index in [4.69, 9.17) is 16.3 Å². The molecule has 1 aliphatic heterocycles. The minimum Gasteiger partial charge on any atom is -0.495 e. The number of hydrogen-bond acceptors (Lipinski definition) is 4.